The molecule has 0 aliphatic carbocycles. The van der Waals surface area contributed by atoms with Crippen molar-refractivity contribution in [3.05, 3.63) is 35.9 Å². The van der Waals surface area contributed by atoms with E-state index in [1.54, 1.807) is 27.7 Å². The number of aliphatic hydroxyl groups is 1. The number of rotatable bonds is 14. The van der Waals surface area contributed by atoms with E-state index in [4.69, 9.17) is 4.74 Å². The Morgan fingerprint density at radius 2 is 1.50 bits per heavy atom. The molecule has 0 saturated carbocycles. The number of carbonyl (C=O) groups excluding carboxylic acids is 4. The molecule has 5 N–H and O–H groups in total. The van der Waals surface area contributed by atoms with Crippen molar-refractivity contribution < 1.29 is 29.0 Å². The highest BCUT2D eigenvalue weighted by molar-refractivity contribution is 5.92. The van der Waals surface area contributed by atoms with Crippen molar-refractivity contribution in [2.45, 2.75) is 104 Å². The molecule has 0 fully saturated rings. The lowest BCUT2D eigenvalue weighted by Gasteiger charge is -2.28. The van der Waals surface area contributed by atoms with Gasteiger partial charge in [-0.2, -0.15) is 0 Å². The predicted octanol–water partition coefficient (Wildman–Crippen LogP) is 2.44. The first-order valence-electron chi connectivity index (χ1n) is 13.4. The van der Waals surface area contributed by atoms with Crippen molar-refractivity contribution in [1.82, 2.24) is 21.3 Å². The molecule has 4 atom stereocenters. The van der Waals surface area contributed by atoms with Crippen LogP contribution in [0.4, 0.5) is 4.79 Å². The second kappa shape index (κ2) is 16.0. The van der Waals surface area contributed by atoms with E-state index >= 15 is 0 Å². The number of likely N-dealkylation sites (N-methyl/N-ethyl adjacent to an activating group) is 1. The van der Waals surface area contributed by atoms with E-state index in [1.165, 1.54) is 0 Å². The largest absolute Gasteiger partial charge is 0.444 e. The molecule has 4 amide bonds. The van der Waals surface area contributed by atoms with E-state index in [-0.39, 0.29) is 12.3 Å². The Balaban J connectivity index is 3.12. The van der Waals surface area contributed by atoms with Crippen LogP contribution in [0.2, 0.25) is 0 Å². The van der Waals surface area contributed by atoms with Crippen molar-refractivity contribution in [3.8, 4) is 0 Å². The maximum absolute atomic E-state index is 13.4. The molecule has 0 spiro atoms. The fraction of sp³-hybridized carbons (Fsp3) is 0.643. The van der Waals surface area contributed by atoms with Crippen molar-refractivity contribution in [1.29, 1.82) is 0 Å². The minimum absolute atomic E-state index is 0.0513. The topological polar surface area (TPSA) is 146 Å². The van der Waals surface area contributed by atoms with Crippen LogP contribution in [-0.2, 0) is 25.5 Å². The van der Waals surface area contributed by atoms with Crippen LogP contribution in [0, 0.1) is 5.92 Å². The number of carbonyl (C=O) groups is 4. The summed E-state index contributed by atoms with van der Waals surface area (Å²) >= 11 is 0. The van der Waals surface area contributed by atoms with E-state index in [0.29, 0.717) is 25.8 Å². The second-order valence-electron chi connectivity index (χ2n) is 10.8. The number of ether oxygens (including phenoxy) is 1. The number of amides is 4. The lowest BCUT2D eigenvalue weighted by Crippen LogP contribution is -2.58. The van der Waals surface area contributed by atoms with Crippen molar-refractivity contribution in [2.75, 3.05) is 6.54 Å². The minimum Gasteiger partial charge on any atom is -0.444 e. The van der Waals surface area contributed by atoms with Gasteiger partial charge in [-0.05, 0) is 52.0 Å². The number of alkyl carbamates (subject to hydrolysis) is 1. The van der Waals surface area contributed by atoms with Gasteiger partial charge in [0.15, 0.2) is 6.10 Å². The quantitative estimate of drug-likeness (QED) is 0.248. The Hall–Kier alpha value is -3.14. The fourth-order valence-corrected chi connectivity index (χ4v) is 3.85. The summed E-state index contributed by atoms with van der Waals surface area (Å²) in [6.07, 6.45) is -0.653. The Bertz CT molecular complexity index is 900. The Morgan fingerprint density at radius 1 is 0.895 bits per heavy atom. The molecule has 1 unspecified atom stereocenters. The SMILES string of the molecule is CCC[C@H](NC(=O)[C@H](CC(C)C)NC(=O)[C@H](Cc1ccccc1)NC(=O)OC(C)(C)C)C(O)C(=O)NCC. The number of benzene rings is 1. The smallest absolute Gasteiger partial charge is 0.408 e. The lowest BCUT2D eigenvalue weighted by atomic mass is 9.99. The first-order valence-corrected chi connectivity index (χ1v) is 13.4. The summed E-state index contributed by atoms with van der Waals surface area (Å²) < 4.78 is 5.35. The normalized spacial score (nSPS) is 14.6. The molecule has 0 aromatic heterocycles. The van der Waals surface area contributed by atoms with Crippen LogP contribution in [0.25, 0.3) is 0 Å². The van der Waals surface area contributed by atoms with Crippen LogP contribution in [0.3, 0.4) is 0 Å². The molecule has 1 aromatic rings. The van der Waals surface area contributed by atoms with Gasteiger partial charge in [0.2, 0.25) is 11.8 Å². The first-order chi connectivity index (χ1) is 17.8. The molecule has 214 valence electrons. The molecule has 10 nitrogen and oxygen atoms in total. The van der Waals surface area contributed by atoms with Gasteiger partial charge in [0.1, 0.15) is 17.7 Å². The lowest BCUT2D eigenvalue weighted by molar-refractivity contribution is -0.134. The summed E-state index contributed by atoms with van der Waals surface area (Å²) in [6, 6.07) is 6.45. The molecule has 10 heteroatoms. The summed E-state index contributed by atoms with van der Waals surface area (Å²) in [5, 5.41) is 21.2. The van der Waals surface area contributed by atoms with Gasteiger partial charge in [0.05, 0.1) is 6.04 Å². The summed E-state index contributed by atoms with van der Waals surface area (Å²) in [6.45, 7) is 13.0. The summed E-state index contributed by atoms with van der Waals surface area (Å²) in [5.74, 6) is -1.57. The standard InChI is InChI=1S/C28H46N4O6/c1-8-13-20(23(33)26(36)29-9-2)30-24(34)21(16-18(3)4)31-25(35)22(17-19-14-11-10-12-15-19)32-27(37)38-28(5,6)7/h10-12,14-15,18,20-23,33H,8-9,13,16-17H2,1-7H3,(H,29,36)(H,30,34)(H,31,35)(H,32,37)/t20-,21-,22-,23?/m0/s1. The van der Waals surface area contributed by atoms with E-state index in [9.17, 15) is 24.3 Å². The van der Waals surface area contributed by atoms with E-state index < -0.39 is 53.6 Å². The molecule has 0 heterocycles. The zero-order valence-electron chi connectivity index (χ0n) is 23.8. The number of hydrogen-bond donors (Lipinski definition) is 5. The molecule has 0 aliphatic rings. The third kappa shape index (κ3) is 12.4. The third-order valence-corrected chi connectivity index (χ3v) is 5.56. The highest BCUT2D eigenvalue weighted by Crippen LogP contribution is 2.12. The van der Waals surface area contributed by atoms with Crippen molar-refractivity contribution in [2.24, 2.45) is 5.92 Å². The molecule has 0 saturated heterocycles. The highest BCUT2D eigenvalue weighted by atomic mass is 16.6. The Labute approximate surface area is 226 Å². The van der Waals surface area contributed by atoms with Gasteiger partial charge in [-0.3, -0.25) is 14.4 Å². The van der Waals surface area contributed by atoms with Gasteiger partial charge in [-0.15, -0.1) is 0 Å². The number of aliphatic hydroxyl groups excluding tert-OH is 1. The molecule has 1 aromatic carbocycles. The summed E-state index contributed by atoms with van der Waals surface area (Å²) in [4.78, 5) is 51.4. The number of nitrogens with one attached hydrogen (secondary N) is 4. The predicted molar refractivity (Wildman–Crippen MR) is 146 cm³/mol. The monoisotopic (exact) mass is 534 g/mol. The van der Waals surface area contributed by atoms with Crippen molar-refractivity contribution >= 4 is 23.8 Å². The Kier molecular flexibility index (Phi) is 13.8. The summed E-state index contributed by atoms with van der Waals surface area (Å²) in [5.41, 5.74) is 0.0681. The maximum Gasteiger partial charge on any atom is 0.408 e. The van der Waals surface area contributed by atoms with E-state index in [0.717, 1.165) is 5.56 Å². The van der Waals surface area contributed by atoms with E-state index in [1.807, 2.05) is 51.1 Å². The van der Waals surface area contributed by atoms with Gasteiger partial charge in [0, 0.05) is 13.0 Å². The fourth-order valence-electron chi connectivity index (χ4n) is 3.85. The van der Waals surface area contributed by atoms with Gasteiger partial charge in [0.25, 0.3) is 5.91 Å². The molecular formula is C28H46N4O6. The third-order valence-electron chi connectivity index (χ3n) is 5.56. The zero-order chi connectivity index (χ0) is 28.9. The van der Waals surface area contributed by atoms with Gasteiger partial charge >= 0.3 is 6.09 Å². The highest BCUT2D eigenvalue weighted by Gasteiger charge is 2.32. The van der Waals surface area contributed by atoms with E-state index in [2.05, 4.69) is 21.3 Å². The first kappa shape index (κ1) is 32.9. The summed E-state index contributed by atoms with van der Waals surface area (Å²) in [7, 11) is 0. The second-order valence-corrected chi connectivity index (χ2v) is 10.8. The molecule has 0 aliphatic heterocycles. The average Bonchev–Trinajstić information content (AvgIpc) is 2.81. The molecular weight excluding hydrogens is 488 g/mol. The van der Waals surface area contributed by atoms with Crippen LogP contribution >= 0.6 is 0 Å². The molecule has 38 heavy (non-hydrogen) atoms. The van der Waals surface area contributed by atoms with Crippen LogP contribution in [0.5, 0.6) is 0 Å². The minimum atomic E-state index is -1.42. The van der Waals surface area contributed by atoms with Crippen LogP contribution in [0.1, 0.15) is 73.3 Å². The number of hydrogen-bond acceptors (Lipinski definition) is 6. The van der Waals surface area contributed by atoms with Crippen LogP contribution < -0.4 is 21.3 Å². The van der Waals surface area contributed by atoms with Gasteiger partial charge < -0.3 is 31.1 Å². The maximum atomic E-state index is 13.4. The molecule has 1 rings (SSSR count). The average molecular weight is 535 g/mol. The molecule has 0 bridgehead atoms. The van der Waals surface area contributed by atoms with Crippen LogP contribution in [-0.4, -0.2) is 65.3 Å². The van der Waals surface area contributed by atoms with Crippen LogP contribution in [0.15, 0.2) is 30.3 Å². The Morgan fingerprint density at radius 3 is 2.03 bits per heavy atom. The van der Waals surface area contributed by atoms with Crippen molar-refractivity contribution in [3.63, 3.8) is 0 Å². The van der Waals surface area contributed by atoms with Gasteiger partial charge in [-0.25, -0.2) is 4.79 Å². The van der Waals surface area contributed by atoms with Gasteiger partial charge in [-0.1, -0.05) is 57.5 Å². The zero-order valence-corrected chi connectivity index (χ0v) is 23.8. The molecule has 0 radical (unpaired) electrons.